The second-order valence-corrected chi connectivity index (χ2v) is 9.41. The van der Waals surface area contributed by atoms with Crippen LogP contribution in [0, 0.1) is 0 Å². The largest absolute Gasteiger partial charge is 0.379 e. The fraction of sp³-hybridized carbons (Fsp3) is 0.720. The molecule has 0 aromatic heterocycles. The molecule has 1 unspecified atom stereocenters. The van der Waals surface area contributed by atoms with E-state index in [1.165, 1.54) is 49.7 Å². The van der Waals surface area contributed by atoms with E-state index in [2.05, 4.69) is 56.3 Å². The van der Waals surface area contributed by atoms with Gasteiger partial charge in [-0.15, -0.1) is 0 Å². The molecule has 0 radical (unpaired) electrons. The van der Waals surface area contributed by atoms with E-state index in [0.29, 0.717) is 6.04 Å². The van der Waals surface area contributed by atoms with E-state index < -0.39 is 0 Å². The van der Waals surface area contributed by atoms with E-state index in [9.17, 15) is 0 Å². The van der Waals surface area contributed by atoms with Crippen molar-refractivity contribution in [1.82, 2.24) is 20.0 Å². The summed E-state index contributed by atoms with van der Waals surface area (Å²) in [5, 5.41) is 3.66. The van der Waals surface area contributed by atoms with Crippen LogP contribution in [0.15, 0.2) is 29.3 Å². The van der Waals surface area contributed by atoms with Crippen LogP contribution in [0.5, 0.6) is 0 Å². The predicted octanol–water partition coefficient (Wildman–Crippen LogP) is 2.93. The van der Waals surface area contributed by atoms with Crippen molar-refractivity contribution in [2.24, 2.45) is 4.99 Å². The van der Waals surface area contributed by atoms with Gasteiger partial charge in [-0.2, -0.15) is 0 Å². The average molecular weight is 428 g/mol. The van der Waals surface area contributed by atoms with Crippen molar-refractivity contribution in [3.8, 4) is 0 Å². The van der Waals surface area contributed by atoms with Gasteiger partial charge in [-0.3, -0.25) is 14.8 Å². The van der Waals surface area contributed by atoms with Gasteiger partial charge >= 0.3 is 0 Å². The van der Waals surface area contributed by atoms with Crippen molar-refractivity contribution in [1.29, 1.82) is 0 Å². The molecule has 2 saturated heterocycles. The number of benzene rings is 1. The highest BCUT2D eigenvalue weighted by molar-refractivity contribution is 5.80. The van der Waals surface area contributed by atoms with Gasteiger partial charge in [0, 0.05) is 58.4 Å². The maximum absolute atomic E-state index is 5.52. The van der Waals surface area contributed by atoms with Gasteiger partial charge in [0.2, 0.25) is 0 Å². The van der Waals surface area contributed by atoms with Gasteiger partial charge in [0.25, 0.3) is 0 Å². The van der Waals surface area contributed by atoms with E-state index >= 15 is 0 Å². The van der Waals surface area contributed by atoms with Crippen LogP contribution >= 0.6 is 0 Å². The monoisotopic (exact) mass is 427 g/mol. The highest BCUT2D eigenvalue weighted by Gasteiger charge is 2.30. The summed E-state index contributed by atoms with van der Waals surface area (Å²) in [6, 6.07) is 10.3. The van der Waals surface area contributed by atoms with Gasteiger partial charge in [0.1, 0.15) is 0 Å². The predicted molar refractivity (Wildman–Crippen MR) is 127 cm³/mol. The third kappa shape index (κ3) is 5.99. The summed E-state index contributed by atoms with van der Waals surface area (Å²) >= 11 is 0. The lowest BCUT2D eigenvalue weighted by Crippen LogP contribution is -2.46. The van der Waals surface area contributed by atoms with Gasteiger partial charge in [-0.25, -0.2) is 0 Å². The molecule has 6 nitrogen and oxygen atoms in total. The maximum atomic E-state index is 5.52. The minimum absolute atomic E-state index is 0.624. The van der Waals surface area contributed by atoms with Crippen LogP contribution in [0.2, 0.25) is 0 Å². The number of hydrogen-bond donors (Lipinski definition) is 1. The summed E-state index contributed by atoms with van der Waals surface area (Å²) in [5.41, 5.74) is 2.82. The zero-order valence-corrected chi connectivity index (χ0v) is 19.6. The lowest BCUT2D eigenvalue weighted by atomic mass is 9.94. The Bertz CT molecular complexity index is 712. The van der Waals surface area contributed by atoms with Crippen LogP contribution in [-0.2, 0) is 17.8 Å². The van der Waals surface area contributed by atoms with Crippen LogP contribution in [0.1, 0.15) is 49.7 Å². The molecule has 1 saturated carbocycles. The first-order valence-electron chi connectivity index (χ1n) is 12.3. The van der Waals surface area contributed by atoms with E-state index in [1.807, 2.05) is 7.05 Å². The molecule has 4 rings (SSSR count). The SMILES string of the molecule is CN=C(NCc1ccccc1CN(C)C1CCCCC1)N1CCC(N2CCOCC2)C1. The molecule has 2 heterocycles. The smallest absolute Gasteiger partial charge is 0.193 e. The Morgan fingerprint density at radius 2 is 1.81 bits per heavy atom. The average Bonchev–Trinajstić information content (AvgIpc) is 3.32. The molecule has 3 aliphatic rings. The van der Waals surface area contributed by atoms with Gasteiger partial charge < -0.3 is 15.0 Å². The van der Waals surface area contributed by atoms with Crippen LogP contribution < -0.4 is 5.32 Å². The topological polar surface area (TPSA) is 43.3 Å². The van der Waals surface area contributed by atoms with Gasteiger partial charge in [0.15, 0.2) is 5.96 Å². The summed E-state index contributed by atoms with van der Waals surface area (Å²) in [7, 11) is 4.21. The third-order valence-electron chi connectivity index (χ3n) is 7.41. The number of nitrogens with zero attached hydrogens (tertiary/aromatic N) is 4. The molecule has 0 amide bonds. The Balaban J connectivity index is 1.31. The second-order valence-electron chi connectivity index (χ2n) is 9.41. The molecule has 0 bridgehead atoms. The number of rotatable bonds is 6. The van der Waals surface area contributed by atoms with Gasteiger partial charge in [-0.05, 0) is 37.4 Å². The zero-order chi connectivity index (χ0) is 21.5. The summed E-state index contributed by atoms with van der Waals surface area (Å²) in [5.74, 6) is 1.03. The Morgan fingerprint density at radius 1 is 1.06 bits per heavy atom. The van der Waals surface area contributed by atoms with Crippen LogP contribution in [0.4, 0.5) is 0 Å². The third-order valence-corrected chi connectivity index (χ3v) is 7.41. The minimum atomic E-state index is 0.624. The van der Waals surface area contributed by atoms with E-state index in [4.69, 9.17) is 4.74 Å². The molecule has 172 valence electrons. The summed E-state index contributed by atoms with van der Waals surface area (Å²) in [4.78, 5) is 12.2. The van der Waals surface area contributed by atoms with E-state index in [0.717, 1.165) is 64.5 Å². The lowest BCUT2D eigenvalue weighted by Gasteiger charge is -2.32. The fourth-order valence-electron chi connectivity index (χ4n) is 5.49. The summed E-state index contributed by atoms with van der Waals surface area (Å²) in [6.45, 7) is 7.87. The molecular weight excluding hydrogens is 386 g/mol. The second kappa shape index (κ2) is 11.3. The van der Waals surface area contributed by atoms with E-state index in [-0.39, 0.29) is 0 Å². The maximum Gasteiger partial charge on any atom is 0.193 e. The molecular formula is C25H41N5O. The molecule has 1 aliphatic carbocycles. The summed E-state index contributed by atoms with van der Waals surface area (Å²) < 4.78 is 5.52. The Morgan fingerprint density at radius 3 is 2.55 bits per heavy atom. The number of guanidine groups is 1. The molecule has 1 N–H and O–H groups in total. The molecule has 2 aliphatic heterocycles. The van der Waals surface area contributed by atoms with Crippen molar-refractivity contribution in [3.05, 3.63) is 35.4 Å². The first-order valence-corrected chi connectivity index (χ1v) is 12.3. The summed E-state index contributed by atoms with van der Waals surface area (Å²) in [6.07, 6.45) is 8.09. The number of nitrogens with one attached hydrogen (secondary N) is 1. The number of morpholine rings is 1. The molecule has 0 spiro atoms. The molecule has 31 heavy (non-hydrogen) atoms. The number of aliphatic imine (C=N–C) groups is 1. The Kier molecular flexibility index (Phi) is 8.22. The molecule has 1 atom stereocenters. The Labute approximate surface area is 188 Å². The quantitative estimate of drug-likeness (QED) is 0.559. The van der Waals surface area contributed by atoms with Crippen molar-refractivity contribution >= 4 is 5.96 Å². The minimum Gasteiger partial charge on any atom is -0.379 e. The molecule has 1 aromatic carbocycles. The van der Waals surface area contributed by atoms with Crippen LogP contribution in [0.25, 0.3) is 0 Å². The fourth-order valence-corrected chi connectivity index (χ4v) is 5.49. The Hall–Kier alpha value is -1.63. The zero-order valence-electron chi connectivity index (χ0n) is 19.6. The first-order chi connectivity index (χ1) is 15.2. The van der Waals surface area contributed by atoms with Crippen molar-refractivity contribution in [3.63, 3.8) is 0 Å². The highest BCUT2D eigenvalue weighted by Crippen LogP contribution is 2.24. The van der Waals surface area contributed by atoms with Crippen molar-refractivity contribution < 1.29 is 4.74 Å². The lowest BCUT2D eigenvalue weighted by molar-refractivity contribution is 0.0195. The standard InChI is InChI=1S/C25H41N5O/c1-26-25(30-13-12-24(20-30)29-14-16-31-17-15-29)27-18-21-8-6-7-9-22(21)19-28(2)23-10-4-3-5-11-23/h6-9,23-24H,3-5,10-20H2,1-2H3,(H,26,27). The highest BCUT2D eigenvalue weighted by atomic mass is 16.5. The van der Waals surface area contributed by atoms with Crippen molar-refractivity contribution in [2.45, 2.75) is 63.7 Å². The first kappa shape index (κ1) is 22.6. The molecule has 1 aromatic rings. The van der Waals surface area contributed by atoms with E-state index in [1.54, 1.807) is 0 Å². The van der Waals surface area contributed by atoms with Crippen molar-refractivity contribution in [2.75, 3.05) is 53.5 Å². The van der Waals surface area contributed by atoms with Gasteiger partial charge in [0.05, 0.1) is 13.2 Å². The number of hydrogen-bond acceptors (Lipinski definition) is 4. The number of likely N-dealkylation sites (tertiary alicyclic amines) is 1. The van der Waals surface area contributed by atoms with Crippen LogP contribution in [-0.4, -0.2) is 86.2 Å². The van der Waals surface area contributed by atoms with Crippen LogP contribution in [0.3, 0.4) is 0 Å². The molecule has 3 fully saturated rings. The number of ether oxygens (including phenoxy) is 1. The molecule has 6 heteroatoms. The normalized spacial score (nSPS) is 24.2. The van der Waals surface area contributed by atoms with Gasteiger partial charge in [-0.1, -0.05) is 43.5 Å².